The molecular formula is C29H51NO3. The van der Waals surface area contributed by atoms with Crippen LogP contribution in [0, 0.1) is 17.8 Å². The van der Waals surface area contributed by atoms with E-state index >= 15 is 0 Å². The third kappa shape index (κ3) is 9.86. The largest absolute Gasteiger partial charge is 0.298 e. The molecule has 0 unspecified atom stereocenters. The van der Waals surface area contributed by atoms with E-state index in [9.17, 15) is 9.59 Å². The number of Topliss-reactive ketones (excluding diaryl/α,β-unsaturated/α-hetero) is 2. The Morgan fingerprint density at radius 2 is 1.21 bits per heavy atom. The normalized spacial score (nSPS) is 18.8. The maximum Gasteiger partial charge on any atom is 0.185 e. The van der Waals surface area contributed by atoms with Gasteiger partial charge in [-0.15, -0.1) is 0 Å². The number of hydrogen-bond donors (Lipinski definition) is 1. The first-order chi connectivity index (χ1) is 15.4. The zero-order valence-corrected chi connectivity index (χ0v) is 22.8. The summed E-state index contributed by atoms with van der Waals surface area (Å²) in [4.78, 5) is 30.5. The fourth-order valence-corrected chi connectivity index (χ4v) is 4.89. The van der Waals surface area contributed by atoms with Gasteiger partial charge in [0.15, 0.2) is 11.6 Å². The summed E-state index contributed by atoms with van der Waals surface area (Å²) < 4.78 is 0. The van der Waals surface area contributed by atoms with Crippen molar-refractivity contribution in [3.05, 3.63) is 22.3 Å². The predicted molar refractivity (Wildman–Crippen MR) is 139 cm³/mol. The Morgan fingerprint density at radius 3 is 1.73 bits per heavy atom. The van der Waals surface area contributed by atoms with Crippen LogP contribution in [0.1, 0.15) is 126 Å². The van der Waals surface area contributed by atoms with Crippen LogP contribution in [0.5, 0.6) is 0 Å². The van der Waals surface area contributed by atoms with Crippen molar-refractivity contribution in [3.63, 3.8) is 0 Å². The van der Waals surface area contributed by atoms with Crippen LogP contribution < -0.4 is 5.90 Å². The van der Waals surface area contributed by atoms with Crippen molar-refractivity contribution in [1.82, 2.24) is 0 Å². The Kier molecular flexibility index (Phi) is 12.8. The molecule has 0 aromatic heterocycles. The summed E-state index contributed by atoms with van der Waals surface area (Å²) in [5.74, 6) is 8.01. The second-order valence-corrected chi connectivity index (χ2v) is 11.4. The summed E-state index contributed by atoms with van der Waals surface area (Å²) >= 11 is 0. The summed E-state index contributed by atoms with van der Waals surface area (Å²) in [6.45, 7) is 16.6. The monoisotopic (exact) mass is 461 g/mol. The van der Waals surface area contributed by atoms with Crippen LogP contribution in [0.2, 0.25) is 0 Å². The fraction of sp³-hybridized carbons (Fsp3) is 0.793. The molecule has 33 heavy (non-hydrogen) atoms. The molecule has 0 aliphatic heterocycles. The fourth-order valence-electron chi connectivity index (χ4n) is 4.89. The first-order valence-electron chi connectivity index (χ1n) is 13.3. The SMILES string of the molecule is CC1=C(C)C(=O)C(CC[C@@](C)(CCC[C@H](C)CCC[C@H](C)CCCC(C)C)ON)=C(C)C1=O. The van der Waals surface area contributed by atoms with E-state index in [0.29, 0.717) is 41.1 Å². The molecule has 1 aliphatic rings. The molecule has 1 aliphatic carbocycles. The van der Waals surface area contributed by atoms with Gasteiger partial charge in [-0.1, -0.05) is 79.1 Å². The summed E-state index contributed by atoms with van der Waals surface area (Å²) in [5.41, 5.74) is 1.86. The molecule has 3 atom stereocenters. The molecule has 0 radical (unpaired) electrons. The maximum atomic E-state index is 12.7. The van der Waals surface area contributed by atoms with E-state index in [2.05, 4.69) is 27.7 Å². The molecule has 0 spiro atoms. The van der Waals surface area contributed by atoms with Crippen molar-refractivity contribution in [2.24, 2.45) is 23.7 Å². The molecule has 0 heterocycles. The van der Waals surface area contributed by atoms with Crippen molar-refractivity contribution >= 4 is 11.6 Å². The van der Waals surface area contributed by atoms with E-state index in [4.69, 9.17) is 10.7 Å². The van der Waals surface area contributed by atoms with Crippen molar-refractivity contribution in [2.45, 2.75) is 132 Å². The Balaban J connectivity index is 2.40. The topological polar surface area (TPSA) is 69.4 Å². The lowest BCUT2D eigenvalue weighted by atomic mass is 9.81. The molecule has 0 aromatic rings. The molecule has 0 saturated carbocycles. The Bertz CT molecular complexity index is 718. The number of rotatable bonds is 16. The smallest absolute Gasteiger partial charge is 0.185 e. The van der Waals surface area contributed by atoms with Crippen molar-refractivity contribution in [3.8, 4) is 0 Å². The van der Waals surface area contributed by atoms with Gasteiger partial charge < -0.3 is 0 Å². The van der Waals surface area contributed by atoms with Crippen LogP contribution in [-0.2, 0) is 14.4 Å². The minimum Gasteiger partial charge on any atom is -0.298 e. The molecule has 190 valence electrons. The van der Waals surface area contributed by atoms with Gasteiger partial charge in [-0.2, -0.15) is 0 Å². The van der Waals surface area contributed by atoms with Crippen molar-refractivity contribution in [2.75, 3.05) is 0 Å². The zero-order chi connectivity index (χ0) is 25.2. The Hall–Kier alpha value is -1.26. The molecule has 0 bridgehead atoms. The van der Waals surface area contributed by atoms with Gasteiger partial charge in [-0.25, -0.2) is 5.90 Å². The summed E-state index contributed by atoms with van der Waals surface area (Å²) in [5, 5.41) is 0. The molecule has 4 nitrogen and oxygen atoms in total. The highest BCUT2D eigenvalue weighted by molar-refractivity contribution is 6.24. The third-order valence-corrected chi connectivity index (χ3v) is 7.77. The number of carbonyl (C=O) groups is 2. The van der Waals surface area contributed by atoms with Crippen LogP contribution in [0.4, 0.5) is 0 Å². The quantitative estimate of drug-likeness (QED) is 0.189. The predicted octanol–water partition coefficient (Wildman–Crippen LogP) is 7.66. The third-order valence-electron chi connectivity index (χ3n) is 7.77. The molecule has 0 aromatic carbocycles. The lowest BCUT2D eigenvalue weighted by Crippen LogP contribution is -2.33. The molecule has 2 N–H and O–H groups in total. The first-order valence-corrected chi connectivity index (χ1v) is 13.3. The van der Waals surface area contributed by atoms with E-state index in [-0.39, 0.29) is 11.6 Å². The van der Waals surface area contributed by atoms with Crippen LogP contribution in [0.25, 0.3) is 0 Å². The van der Waals surface area contributed by atoms with Gasteiger partial charge in [0.25, 0.3) is 0 Å². The molecule has 0 fully saturated rings. The van der Waals surface area contributed by atoms with Crippen LogP contribution in [0.15, 0.2) is 22.3 Å². The average molecular weight is 462 g/mol. The van der Waals surface area contributed by atoms with Gasteiger partial charge in [0.1, 0.15) is 0 Å². The highest BCUT2D eigenvalue weighted by Gasteiger charge is 2.31. The van der Waals surface area contributed by atoms with Gasteiger partial charge in [-0.3, -0.25) is 14.4 Å². The number of hydrogen-bond acceptors (Lipinski definition) is 4. The molecule has 1 rings (SSSR count). The summed E-state index contributed by atoms with van der Waals surface area (Å²) in [6, 6.07) is 0. The van der Waals surface area contributed by atoms with Crippen LogP contribution >= 0.6 is 0 Å². The lowest BCUT2D eigenvalue weighted by molar-refractivity contribution is -0.116. The van der Waals surface area contributed by atoms with E-state index in [1.165, 1.54) is 44.9 Å². The van der Waals surface area contributed by atoms with Gasteiger partial charge in [0.05, 0.1) is 5.60 Å². The second-order valence-electron chi connectivity index (χ2n) is 11.4. The van der Waals surface area contributed by atoms with Gasteiger partial charge in [0.2, 0.25) is 0 Å². The number of ketones is 2. The Labute approximate surface area is 203 Å². The van der Waals surface area contributed by atoms with Crippen molar-refractivity contribution in [1.29, 1.82) is 0 Å². The summed E-state index contributed by atoms with van der Waals surface area (Å²) in [6.07, 6.45) is 12.2. The second kappa shape index (κ2) is 14.2. The molecule has 0 saturated heterocycles. The molecule has 4 heteroatoms. The highest BCUT2D eigenvalue weighted by Crippen LogP contribution is 2.32. The lowest BCUT2D eigenvalue weighted by Gasteiger charge is -2.29. The standard InChI is InChI=1S/C29H51NO3/c1-20(2)12-9-13-21(3)14-10-15-22(4)16-11-18-29(8,33-30)19-17-26-25(7)27(31)23(5)24(6)28(26)32/h20-22H,9-19,30H2,1-8H3/t21-,22-,29-/m1/s1. The van der Waals surface area contributed by atoms with E-state index < -0.39 is 5.60 Å². The van der Waals surface area contributed by atoms with Crippen LogP contribution in [-0.4, -0.2) is 17.2 Å². The Morgan fingerprint density at radius 1 is 0.727 bits per heavy atom. The minimum absolute atomic E-state index is 0.00368. The highest BCUT2D eigenvalue weighted by atomic mass is 16.6. The van der Waals surface area contributed by atoms with E-state index in [0.717, 1.165) is 24.7 Å². The van der Waals surface area contributed by atoms with Crippen molar-refractivity contribution < 1.29 is 14.4 Å². The molecule has 0 amide bonds. The van der Waals surface area contributed by atoms with Gasteiger partial charge in [-0.05, 0) is 64.7 Å². The van der Waals surface area contributed by atoms with Gasteiger partial charge >= 0.3 is 0 Å². The maximum absolute atomic E-state index is 12.7. The van der Waals surface area contributed by atoms with E-state index in [1.54, 1.807) is 20.8 Å². The zero-order valence-electron chi connectivity index (χ0n) is 22.8. The number of allylic oxidation sites excluding steroid dienone is 4. The minimum atomic E-state index is -0.481. The van der Waals surface area contributed by atoms with Crippen LogP contribution in [0.3, 0.4) is 0 Å². The van der Waals surface area contributed by atoms with E-state index in [1.807, 2.05) is 6.92 Å². The molecular weight excluding hydrogens is 410 g/mol. The first kappa shape index (κ1) is 29.8. The number of carbonyl (C=O) groups excluding carboxylic acids is 2. The number of nitrogens with two attached hydrogens (primary N) is 1. The van der Waals surface area contributed by atoms with Gasteiger partial charge in [0, 0.05) is 22.3 Å². The average Bonchev–Trinajstić information content (AvgIpc) is 2.76. The summed E-state index contributed by atoms with van der Waals surface area (Å²) in [7, 11) is 0.